The molecule has 41 heavy (non-hydrogen) atoms. The maximum absolute atomic E-state index is 6.49. The Bertz CT molecular complexity index is 2090. The summed E-state index contributed by atoms with van der Waals surface area (Å²) in [6.07, 6.45) is 5.53. The van der Waals surface area contributed by atoms with E-state index in [2.05, 4.69) is 86.4 Å². The van der Waals surface area contributed by atoms with Gasteiger partial charge in [-0.05, 0) is 68.4 Å². The number of nitrogens with zero attached hydrogens (tertiary/aromatic N) is 6. The maximum atomic E-state index is 6.49. The molecule has 4 aromatic heterocycles. The topological polar surface area (TPSA) is 61.0 Å². The maximum Gasteiger partial charge on any atom is 0.144 e. The zero-order chi connectivity index (χ0) is 27.5. The van der Waals surface area contributed by atoms with E-state index in [1.807, 2.05) is 61.1 Å². The van der Waals surface area contributed by atoms with Crippen molar-refractivity contribution in [3.63, 3.8) is 0 Å². The number of imidazole rings is 1. The number of benzene rings is 3. The molecule has 7 aromatic rings. The standard InChI is InChI=1S/C34H26N6O/c1-22-23(2)38-21-39(30-11-4-3-10-29(30)34(38)37-22)24-8-7-9-25(18-24)41-26-13-14-27-28-15-17-35-20-32(28)40(31(27)19-26)33-12-5-6-16-36-33/h3-20H,21H2,1-2H3. The summed E-state index contributed by atoms with van der Waals surface area (Å²) in [7, 11) is 0. The SMILES string of the molecule is Cc1nc2n(c1C)CN(c1cccc(Oc3ccc4c5ccncc5n(-c5ccccn5)c4c3)c1)c1ccccc1-2. The Morgan fingerprint density at radius 1 is 0.756 bits per heavy atom. The van der Waals surface area contributed by atoms with Crippen LogP contribution in [0.4, 0.5) is 11.4 Å². The Kier molecular flexibility index (Phi) is 5.18. The van der Waals surface area contributed by atoms with Crippen molar-refractivity contribution >= 4 is 33.2 Å². The normalized spacial score (nSPS) is 12.5. The number of para-hydroxylation sites is 1. The van der Waals surface area contributed by atoms with Gasteiger partial charge in [-0.25, -0.2) is 9.97 Å². The van der Waals surface area contributed by atoms with E-state index >= 15 is 0 Å². The molecule has 0 spiro atoms. The highest BCUT2D eigenvalue weighted by molar-refractivity contribution is 6.09. The van der Waals surface area contributed by atoms with Gasteiger partial charge in [-0.15, -0.1) is 0 Å². The van der Waals surface area contributed by atoms with E-state index in [9.17, 15) is 0 Å². The minimum atomic E-state index is 0.687. The van der Waals surface area contributed by atoms with Crippen LogP contribution in [0.2, 0.25) is 0 Å². The van der Waals surface area contributed by atoms with Crippen molar-refractivity contribution < 1.29 is 4.74 Å². The molecule has 0 saturated heterocycles. The third-order valence-electron chi connectivity index (χ3n) is 7.96. The Balaban J connectivity index is 1.19. The summed E-state index contributed by atoms with van der Waals surface area (Å²) in [4.78, 5) is 16.2. The number of ether oxygens (including phenoxy) is 1. The molecule has 7 nitrogen and oxygen atoms in total. The van der Waals surface area contributed by atoms with Crippen LogP contribution in [-0.2, 0) is 6.67 Å². The minimum Gasteiger partial charge on any atom is -0.457 e. The predicted molar refractivity (Wildman–Crippen MR) is 162 cm³/mol. The van der Waals surface area contributed by atoms with Gasteiger partial charge in [-0.1, -0.05) is 24.3 Å². The summed E-state index contributed by atoms with van der Waals surface area (Å²) in [5.74, 6) is 3.38. The number of rotatable bonds is 4. The molecule has 0 amide bonds. The lowest BCUT2D eigenvalue weighted by Crippen LogP contribution is -2.26. The number of aryl methyl sites for hydroxylation is 1. The van der Waals surface area contributed by atoms with E-state index in [4.69, 9.17) is 9.72 Å². The van der Waals surface area contributed by atoms with Gasteiger partial charge in [-0.2, -0.15) is 0 Å². The van der Waals surface area contributed by atoms with Gasteiger partial charge in [0.05, 0.1) is 28.6 Å². The molecule has 3 aromatic carbocycles. The van der Waals surface area contributed by atoms with E-state index < -0.39 is 0 Å². The molecule has 7 heteroatoms. The van der Waals surface area contributed by atoms with E-state index in [0.717, 1.165) is 67.6 Å². The first kappa shape index (κ1) is 23.5. The van der Waals surface area contributed by atoms with Crippen molar-refractivity contribution in [3.8, 4) is 28.7 Å². The first-order chi connectivity index (χ1) is 20.2. The minimum absolute atomic E-state index is 0.687. The zero-order valence-electron chi connectivity index (χ0n) is 22.7. The van der Waals surface area contributed by atoms with Gasteiger partial charge in [0, 0.05) is 52.2 Å². The van der Waals surface area contributed by atoms with E-state index in [1.54, 1.807) is 0 Å². The lowest BCUT2D eigenvalue weighted by atomic mass is 10.1. The molecule has 0 atom stereocenters. The third kappa shape index (κ3) is 3.70. The van der Waals surface area contributed by atoms with Crippen LogP contribution < -0.4 is 9.64 Å². The van der Waals surface area contributed by atoms with E-state index in [0.29, 0.717) is 6.67 Å². The summed E-state index contributed by atoms with van der Waals surface area (Å²) in [5, 5.41) is 2.25. The highest BCUT2D eigenvalue weighted by atomic mass is 16.5. The molecule has 0 radical (unpaired) electrons. The van der Waals surface area contributed by atoms with Crippen LogP contribution in [0, 0.1) is 13.8 Å². The monoisotopic (exact) mass is 534 g/mol. The molecule has 198 valence electrons. The van der Waals surface area contributed by atoms with Crippen LogP contribution >= 0.6 is 0 Å². The highest BCUT2D eigenvalue weighted by Gasteiger charge is 2.26. The third-order valence-corrected chi connectivity index (χ3v) is 7.96. The van der Waals surface area contributed by atoms with Crippen molar-refractivity contribution in [2.24, 2.45) is 0 Å². The number of aromatic nitrogens is 5. The average molecular weight is 535 g/mol. The van der Waals surface area contributed by atoms with Gasteiger partial charge in [-0.3, -0.25) is 9.55 Å². The largest absolute Gasteiger partial charge is 0.457 e. The van der Waals surface area contributed by atoms with Gasteiger partial charge in [0.25, 0.3) is 0 Å². The number of hydrogen-bond acceptors (Lipinski definition) is 5. The average Bonchev–Trinajstić information content (AvgIpc) is 3.50. The summed E-state index contributed by atoms with van der Waals surface area (Å²) < 4.78 is 10.9. The molecule has 1 aliphatic rings. The summed E-state index contributed by atoms with van der Waals surface area (Å²) in [5.41, 5.74) is 7.58. The molecule has 0 N–H and O–H groups in total. The smallest absolute Gasteiger partial charge is 0.144 e. The van der Waals surface area contributed by atoms with Gasteiger partial charge in [0.2, 0.25) is 0 Å². The Morgan fingerprint density at radius 3 is 2.51 bits per heavy atom. The van der Waals surface area contributed by atoms with Crippen LogP contribution in [0.3, 0.4) is 0 Å². The van der Waals surface area contributed by atoms with E-state index in [-0.39, 0.29) is 0 Å². The molecular formula is C34H26N6O. The fraction of sp³-hybridized carbons (Fsp3) is 0.0882. The molecule has 0 fully saturated rings. The summed E-state index contributed by atoms with van der Waals surface area (Å²) >= 11 is 0. The van der Waals surface area contributed by atoms with Gasteiger partial charge in [0.1, 0.15) is 29.8 Å². The molecular weight excluding hydrogens is 508 g/mol. The highest BCUT2D eigenvalue weighted by Crippen LogP contribution is 2.41. The predicted octanol–water partition coefficient (Wildman–Crippen LogP) is 7.96. The van der Waals surface area contributed by atoms with Crippen molar-refractivity contribution in [1.29, 1.82) is 0 Å². The van der Waals surface area contributed by atoms with Crippen molar-refractivity contribution in [2.75, 3.05) is 4.90 Å². The molecule has 0 aliphatic carbocycles. The van der Waals surface area contributed by atoms with Crippen LogP contribution in [-0.4, -0.2) is 24.1 Å². The summed E-state index contributed by atoms with van der Waals surface area (Å²) in [6, 6.07) is 30.9. The number of anilines is 2. The van der Waals surface area contributed by atoms with Gasteiger partial charge in [0.15, 0.2) is 0 Å². The molecule has 5 heterocycles. The fourth-order valence-electron chi connectivity index (χ4n) is 5.86. The zero-order valence-corrected chi connectivity index (χ0v) is 22.7. The lowest BCUT2D eigenvalue weighted by molar-refractivity contribution is 0.483. The number of hydrogen-bond donors (Lipinski definition) is 0. The fourth-order valence-corrected chi connectivity index (χ4v) is 5.86. The molecule has 1 aliphatic heterocycles. The molecule has 0 saturated carbocycles. The van der Waals surface area contributed by atoms with Crippen LogP contribution in [0.1, 0.15) is 11.4 Å². The van der Waals surface area contributed by atoms with Crippen molar-refractivity contribution in [2.45, 2.75) is 20.5 Å². The van der Waals surface area contributed by atoms with E-state index in [1.165, 1.54) is 5.69 Å². The quantitative estimate of drug-likeness (QED) is 0.229. The number of fused-ring (bicyclic) bond motifs is 6. The van der Waals surface area contributed by atoms with Gasteiger partial charge >= 0.3 is 0 Å². The lowest BCUT2D eigenvalue weighted by Gasteiger charge is -2.33. The van der Waals surface area contributed by atoms with Crippen LogP contribution in [0.25, 0.3) is 39.0 Å². The first-order valence-electron chi connectivity index (χ1n) is 13.6. The molecule has 0 bridgehead atoms. The Hall–Kier alpha value is -5.43. The van der Waals surface area contributed by atoms with Crippen molar-refractivity contribution in [1.82, 2.24) is 24.1 Å². The first-order valence-corrected chi connectivity index (χ1v) is 13.6. The second-order valence-corrected chi connectivity index (χ2v) is 10.3. The second-order valence-electron chi connectivity index (χ2n) is 10.3. The molecule has 0 unspecified atom stereocenters. The van der Waals surface area contributed by atoms with Crippen LogP contribution in [0.15, 0.2) is 110 Å². The summed E-state index contributed by atoms with van der Waals surface area (Å²) in [6.45, 7) is 4.89. The number of pyridine rings is 2. The Morgan fingerprint density at radius 2 is 1.61 bits per heavy atom. The van der Waals surface area contributed by atoms with Crippen LogP contribution in [0.5, 0.6) is 11.5 Å². The molecule has 8 rings (SSSR count). The van der Waals surface area contributed by atoms with Gasteiger partial charge < -0.3 is 14.2 Å². The second kappa shape index (κ2) is 9.06. The van der Waals surface area contributed by atoms with Crippen molar-refractivity contribution in [3.05, 3.63) is 121 Å². The Labute approximate surface area is 236 Å².